The van der Waals surface area contributed by atoms with Crippen LogP contribution in [0.25, 0.3) is 0 Å². The van der Waals surface area contributed by atoms with Gasteiger partial charge in [-0.25, -0.2) is 0 Å². The summed E-state index contributed by atoms with van der Waals surface area (Å²) < 4.78 is 0. The quantitative estimate of drug-likeness (QED) is 0.589. The zero-order valence-electron chi connectivity index (χ0n) is 8.59. The molecule has 0 spiro atoms. The summed E-state index contributed by atoms with van der Waals surface area (Å²) in [6.07, 6.45) is 2.63. The van der Waals surface area contributed by atoms with Crippen LogP contribution in [0.3, 0.4) is 0 Å². The highest BCUT2D eigenvalue weighted by Gasteiger charge is 2.25. The molecule has 1 aliphatic carbocycles. The lowest BCUT2D eigenvalue weighted by Crippen LogP contribution is -2.50. The Morgan fingerprint density at radius 3 is 2.57 bits per heavy atom. The maximum Gasteiger partial charge on any atom is 0.219 e. The van der Waals surface area contributed by atoms with Crippen LogP contribution >= 0.6 is 12.2 Å². The molecule has 0 aromatic rings. The normalized spacial score (nSPS) is 16.1. The first-order valence-electron chi connectivity index (χ1n) is 4.76. The molecule has 0 aromatic heterocycles. The Morgan fingerprint density at radius 1 is 1.57 bits per heavy atom. The summed E-state index contributed by atoms with van der Waals surface area (Å²) in [5.74, 6) is -0.322. The number of hydrogen-bond acceptors (Lipinski definition) is 2. The van der Waals surface area contributed by atoms with E-state index in [-0.39, 0.29) is 17.9 Å². The predicted molar refractivity (Wildman–Crippen MR) is 59.8 cm³/mol. The molecule has 0 unspecified atom stereocenters. The molecule has 1 fully saturated rings. The van der Waals surface area contributed by atoms with Crippen molar-refractivity contribution in [3.05, 3.63) is 0 Å². The van der Waals surface area contributed by atoms with Crippen LogP contribution in [0.1, 0.15) is 33.1 Å². The number of nitrogens with one attached hydrogen (secondary N) is 2. The fourth-order valence-electron chi connectivity index (χ4n) is 1.24. The number of nitrogens with two attached hydrogens (primary N) is 1. The van der Waals surface area contributed by atoms with Crippen LogP contribution in [0.15, 0.2) is 0 Å². The van der Waals surface area contributed by atoms with Crippen molar-refractivity contribution in [2.45, 2.75) is 44.7 Å². The molecular weight excluding hydrogens is 198 g/mol. The van der Waals surface area contributed by atoms with Gasteiger partial charge in [-0.2, -0.15) is 0 Å². The Balaban J connectivity index is 2.31. The average molecular weight is 215 g/mol. The van der Waals surface area contributed by atoms with Gasteiger partial charge in [0.1, 0.15) is 0 Å². The first-order chi connectivity index (χ1) is 6.39. The molecule has 0 saturated heterocycles. The lowest BCUT2D eigenvalue weighted by Gasteiger charge is -2.26. The second kappa shape index (κ2) is 4.13. The average Bonchev–Trinajstić information content (AvgIpc) is 2.64. The van der Waals surface area contributed by atoms with Gasteiger partial charge in [0, 0.05) is 18.0 Å². The standard InChI is InChI=1S/C9H17N3OS/c1-9(2,5-7(10)13)12-8(14)11-6-3-4-6/h6H,3-5H2,1-2H3,(H2,10,13)(H2,11,12,14). The van der Waals surface area contributed by atoms with E-state index in [1.807, 2.05) is 13.8 Å². The number of carbonyl (C=O) groups excluding carboxylic acids is 1. The second-order valence-corrected chi connectivity index (χ2v) is 4.81. The number of primary amides is 1. The Hall–Kier alpha value is -0.840. The molecule has 1 amide bonds. The molecule has 1 rings (SSSR count). The first-order valence-corrected chi connectivity index (χ1v) is 5.17. The summed E-state index contributed by atoms with van der Waals surface area (Å²) >= 11 is 5.10. The van der Waals surface area contributed by atoms with Gasteiger partial charge in [-0.15, -0.1) is 0 Å². The number of thiocarbonyl (C=S) groups is 1. The van der Waals surface area contributed by atoms with E-state index in [1.165, 1.54) is 12.8 Å². The molecule has 1 saturated carbocycles. The van der Waals surface area contributed by atoms with E-state index >= 15 is 0 Å². The van der Waals surface area contributed by atoms with Gasteiger partial charge >= 0.3 is 0 Å². The Morgan fingerprint density at radius 2 is 2.14 bits per heavy atom. The topological polar surface area (TPSA) is 67.2 Å². The van der Waals surface area contributed by atoms with E-state index in [0.717, 1.165) is 0 Å². The number of rotatable bonds is 4. The molecule has 80 valence electrons. The van der Waals surface area contributed by atoms with Crippen LogP contribution in [0, 0.1) is 0 Å². The van der Waals surface area contributed by atoms with Gasteiger partial charge < -0.3 is 16.4 Å². The summed E-state index contributed by atoms with van der Waals surface area (Å²) in [6.45, 7) is 3.80. The van der Waals surface area contributed by atoms with Gasteiger partial charge in [-0.1, -0.05) is 0 Å². The van der Waals surface area contributed by atoms with Crippen molar-refractivity contribution in [3.63, 3.8) is 0 Å². The van der Waals surface area contributed by atoms with Crippen LogP contribution in [-0.4, -0.2) is 22.6 Å². The van der Waals surface area contributed by atoms with Crippen molar-refractivity contribution >= 4 is 23.2 Å². The number of amides is 1. The zero-order chi connectivity index (χ0) is 10.8. The minimum atomic E-state index is -0.370. The third kappa shape index (κ3) is 4.41. The summed E-state index contributed by atoms with van der Waals surface area (Å²) in [5.41, 5.74) is 4.76. The fraction of sp³-hybridized carbons (Fsp3) is 0.778. The molecule has 0 atom stereocenters. The SMILES string of the molecule is CC(C)(CC(N)=O)NC(=S)NC1CC1. The molecular formula is C9H17N3OS. The monoisotopic (exact) mass is 215 g/mol. The van der Waals surface area contributed by atoms with E-state index in [1.54, 1.807) is 0 Å². The van der Waals surface area contributed by atoms with Crippen molar-refractivity contribution in [3.8, 4) is 0 Å². The Kier molecular flexibility index (Phi) is 3.31. The maximum absolute atomic E-state index is 10.7. The fourth-order valence-corrected chi connectivity index (χ4v) is 1.68. The predicted octanol–water partition coefficient (Wildman–Crippen LogP) is 0.267. The number of hydrogen-bond donors (Lipinski definition) is 3. The van der Waals surface area contributed by atoms with Gasteiger partial charge in [-0.05, 0) is 38.9 Å². The lowest BCUT2D eigenvalue weighted by molar-refractivity contribution is -0.119. The molecule has 5 heteroatoms. The zero-order valence-corrected chi connectivity index (χ0v) is 9.41. The van der Waals surface area contributed by atoms with Crippen molar-refractivity contribution in [2.24, 2.45) is 5.73 Å². The third-order valence-electron chi connectivity index (χ3n) is 1.98. The molecule has 4 nitrogen and oxygen atoms in total. The van der Waals surface area contributed by atoms with Crippen molar-refractivity contribution in [1.29, 1.82) is 0 Å². The van der Waals surface area contributed by atoms with Crippen LogP contribution in [0.4, 0.5) is 0 Å². The molecule has 0 aliphatic heterocycles. The molecule has 1 aliphatic rings. The maximum atomic E-state index is 10.7. The largest absolute Gasteiger partial charge is 0.370 e. The summed E-state index contributed by atoms with van der Waals surface area (Å²) in [4.78, 5) is 10.7. The van der Waals surface area contributed by atoms with Crippen molar-refractivity contribution in [1.82, 2.24) is 10.6 Å². The highest BCUT2D eigenvalue weighted by atomic mass is 32.1. The summed E-state index contributed by atoms with van der Waals surface area (Å²) in [5, 5.41) is 6.84. The van der Waals surface area contributed by atoms with Crippen molar-refractivity contribution in [2.75, 3.05) is 0 Å². The summed E-state index contributed by atoms with van der Waals surface area (Å²) in [7, 11) is 0. The van der Waals surface area contributed by atoms with Crippen LogP contribution < -0.4 is 16.4 Å². The van der Waals surface area contributed by atoms with E-state index in [4.69, 9.17) is 18.0 Å². The summed E-state index contributed by atoms with van der Waals surface area (Å²) in [6, 6.07) is 0.527. The van der Waals surface area contributed by atoms with E-state index in [2.05, 4.69) is 10.6 Å². The highest BCUT2D eigenvalue weighted by molar-refractivity contribution is 7.80. The van der Waals surface area contributed by atoms with Crippen LogP contribution in [0.5, 0.6) is 0 Å². The lowest BCUT2D eigenvalue weighted by atomic mass is 10.0. The molecule has 4 N–H and O–H groups in total. The molecule has 0 heterocycles. The van der Waals surface area contributed by atoms with Crippen LogP contribution in [-0.2, 0) is 4.79 Å². The van der Waals surface area contributed by atoms with Gasteiger partial charge in [0.15, 0.2) is 5.11 Å². The van der Waals surface area contributed by atoms with E-state index in [0.29, 0.717) is 11.2 Å². The molecule has 0 aromatic carbocycles. The molecule has 0 radical (unpaired) electrons. The van der Waals surface area contributed by atoms with E-state index < -0.39 is 0 Å². The van der Waals surface area contributed by atoms with Crippen molar-refractivity contribution < 1.29 is 4.79 Å². The Bertz CT molecular complexity index is 248. The van der Waals surface area contributed by atoms with Gasteiger partial charge in [-0.3, -0.25) is 4.79 Å². The van der Waals surface area contributed by atoms with Gasteiger partial charge in [0.25, 0.3) is 0 Å². The van der Waals surface area contributed by atoms with E-state index in [9.17, 15) is 4.79 Å². The Labute approximate surface area is 89.6 Å². The molecule has 0 bridgehead atoms. The van der Waals surface area contributed by atoms with Gasteiger partial charge in [0.05, 0.1) is 0 Å². The smallest absolute Gasteiger partial charge is 0.219 e. The minimum Gasteiger partial charge on any atom is -0.370 e. The first kappa shape index (κ1) is 11.2. The van der Waals surface area contributed by atoms with Gasteiger partial charge in [0.2, 0.25) is 5.91 Å². The number of carbonyl (C=O) groups is 1. The minimum absolute atomic E-state index is 0.277. The third-order valence-corrected chi connectivity index (χ3v) is 2.20. The van der Waals surface area contributed by atoms with Crippen LogP contribution in [0.2, 0.25) is 0 Å². The molecule has 14 heavy (non-hydrogen) atoms. The second-order valence-electron chi connectivity index (χ2n) is 4.40. The highest BCUT2D eigenvalue weighted by Crippen LogP contribution is 2.18.